The van der Waals surface area contributed by atoms with Crippen LogP contribution in [0.5, 0.6) is 0 Å². The summed E-state index contributed by atoms with van der Waals surface area (Å²) in [5.74, 6) is -1.15. The summed E-state index contributed by atoms with van der Waals surface area (Å²) in [5, 5.41) is 15.0. The number of hydrogen-bond donors (Lipinski definition) is 3. The first-order valence-corrected chi connectivity index (χ1v) is 12.0. The Morgan fingerprint density at radius 2 is 1.68 bits per heavy atom. The molecule has 0 radical (unpaired) electrons. The molecule has 0 aliphatic heterocycles. The van der Waals surface area contributed by atoms with Crippen molar-refractivity contribution in [1.29, 1.82) is 0 Å². The number of carboxylic acids is 1. The number of rotatable bonds is 10. The number of hydrogen-bond acceptors (Lipinski definition) is 4. The molecule has 2 aliphatic rings. The Balaban J connectivity index is 1.31. The first-order valence-electron chi connectivity index (χ1n) is 12.0. The summed E-state index contributed by atoms with van der Waals surface area (Å²) >= 11 is 0. The van der Waals surface area contributed by atoms with Crippen LogP contribution in [0.2, 0.25) is 0 Å². The molecule has 2 aromatic carbocycles. The zero-order chi connectivity index (χ0) is 24.1. The molecule has 2 aromatic rings. The van der Waals surface area contributed by atoms with Gasteiger partial charge in [-0.15, -0.1) is 0 Å². The maximum Gasteiger partial charge on any atom is 0.407 e. The fourth-order valence-corrected chi connectivity index (χ4v) is 5.01. The molecule has 1 atom stereocenters. The molecule has 180 valence electrons. The van der Waals surface area contributed by atoms with Gasteiger partial charge in [-0.3, -0.25) is 9.59 Å². The Bertz CT molecular complexity index is 1020. The lowest BCUT2D eigenvalue weighted by molar-refractivity contribution is -0.154. The molecule has 2 aliphatic carbocycles. The fraction of sp³-hybridized carbons (Fsp3) is 0.444. The van der Waals surface area contributed by atoms with E-state index in [9.17, 15) is 19.5 Å². The predicted octanol–water partition coefficient (Wildman–Crippen LogP) is 4.46. The highest BCUT2D eigenvalue weighted by atomic mass is 16.5. The number of amides is 2. The number of carbonyl (C=O) groups excluding carboxylic acids is 2. The molecule has 0 heterocycles. The van der Waals surface area contributed by atoms with Gasteiger partial charge in [-0.25, -0.2) is 4.79 Å². The van der Waals surface area contributed by atoms with E-state index < -0.39 is 17.5 Å². The quantitative estimate of drug-likeness (QED) is 0.482. The average molecular weight is 465 g/mol. The lowest BCUT2D eigenvalue weighted by Crippen LogP contribution is -2.48. The summed E-state index contributed by atoms with van der Waals surface area (Å²) in [7, 11) is 0. The van der Waals surface area contributed by atoms with Gasteiger partial charge in [-0.05, 0) is 41.5 Å². The van der Waals surface area contributed by atoms with Gasteiger partial charge >= 0.3 is 12.1 Å². The molecule has 7 heteroatoms. The maximum absolute atomic E-state index is 12.6. The number of aliphatic carboxylic acids is 1. The number of ether oxygens (including phenoxy) is 1. The number of benzene rings is 2. The molecule has 1 fully saturated rings. The molecule has 3 N–H and O–H groups in total. The number of carboxylic acid groups (broad SMARTS) is 1. The van der Waals surface area contributed by atoms with Crippen LogP contribution in [0.4, 0.5) is 4.79 Å². The highest BCUT2D eigenvalue weighted by Crippen LogP contribution is 2.44. The Morgan fingerprint density at radius 1 is 1.06 bits per heavy atom. The number of alkyl carbamates (subject to hydrolysis) is 1. The van der Waals surface area contributed by atoms with Gasteiger partial charge in [0, 0.05) is 24.9 Å². The Morgan fingerprint density at radius 3 is 2.21 bits per heavy atom. The molecule has 34 heavy (non-hydrogen) atoms. The molecule has 1 saturated carbocycles. The molecular formula is C27H32N2O5. The van der Waals surface area contributed by atoms with E-state index in [-0.39, 0.29) is 37.4 Å². The van der Waals surface area contributed by atoms with Crippen LogP contribution in [0.25, 0.3) is 11.1 Å². The van der Waals surface area contributed by atoms with Gasteiger partial charge in [0.05, 0.1) is 5.41 Å². The molecule has 0 saturated heterocycles. The molecule has 0 unspecified atom stereocenters. The van der Waals surface area contributed by atoms with Crippen molar-refractivity contribution in [3.63, 3.8) is 0 Å². The maximum atomic E-state index is 12.6. The fourth-order valence-electron chi connectivity index (χ4n) is 5.01. The van der Waals surface area contributed by atoms with Gasteiger partial charge in [-0.1, -0.05) is 68.3 Å². The summed E-state index contributed by atoms with van der Waals surface area (Å²) < 4.78 is 5.61. The van der Waals surface area contributed by atoms with Gasteiger partial charge in [0.2, 0.25) is 5.91 Å². The molecule has 0 bridgehead atoms. The van der Waals surface area contributed by atoms with Crippen LogP contribution in [-0.4, -0.2) is 42.3 Å². The standard InChI is InChI=1S/C27H32N2O5/c1-2-8-18(15-24(30)28-17-27(25(31)32)13-7-14-27)29-26(33)34-16-23-21-11-5-3-9-19(21)20-10-4-6-12-22(20)23/h3-6,9-12,18,23H,2,7-8,13-17H2,1H3,(H,28,30)(H,29,33)(H,31,32)/t18-/m1/s1. The number of carbonyl (C=O) groups is 3. The summed E-state index contributed by atoms with van der Waals surface area (Å²) in [6.07, 6.45) is 2.99. The number of nitrogens with one attached hydrogen (secondary N) is 2. The molecular weight excluding hydrogens is 432 g/mol. The van der Waals surface area contributed by atoms with Crippen molar-refractivity contribution in [3.8, 4) is 11.1 Å². The van der Waals surface area contributed by atoms with Crippen LogP contribution >= 0.6 is 0 Å². The van der Waals surface area contributed by atoms with Gasteiger partial charge in [0.15, 0.2) is 0 Å². The summed E-state index contributed by atoms with van der Waals surface area (Å²) in [5.41, 5.74) is 3.78. The second kappa shape index (κ2) is 10.3. The van der Waals surface area contributed by atoms with E-state index in [1.807, 2.05) is 31.2 Å². The van der Waals surface area contributed by atoms with Crippen LogP contribution in [0, 0.1) is 5.41 Å². The Hall–Kier alpha value is -3.35. The van der Waals surface area contributed by atoms with Crippen LogP contribution < -0.4 is 10.6 Å². The van der Waals surface area contributed by atoms with Gasteiger partial charge < -0.3 is 20.5 Å². The molecule has 7 nitrogen and oxygen atoms in total. The van der Waals surface area contributed by atoms with Crippen molar-refractivity contribution < 1.29 is 24.2 Å². The molecule has 0 aromatic heterocycles. The predicted molar refractivity (Wildman–Crippen MR) is 128 cm³/mol. The van der Waals surface area contributed by atoms with E-state index in [4.69, 9.17) is 4.74 Å². The SMILES string of the molecule is CCC[C@H](CC(=O)NCC1(C(=O)O)CCC1)NC(=O)OCC1c2ccccc2-c2ccccc21. The average Bonchev–Trinajstić information content (AvgIpc) is 3.10. The van der Waals surface area contributed by atoms with Crippen LogP contribution in [0.3, 0.4) is 0 Å². The second-order valence-electron chi connectivity index (χ2n) is 9.38. The minimum Gasteiger partial charge on any atom is -0.481 e. The topological polar surface area (TPSA) is 105 Å². The second-order valence-corrected chi connectivity index (χ2v) is 9.38. The van der Waals surface area contributed by atoms with Gasteiger partial charge in [0.1, 0.15) is 6.61 Å². The summed E-state index contributed by atoms with van der Waals surface area (Å²) in [6.45, 7) is 2.33. The number of fused-ring (bicyclic) bond motifs is 3. The van der Waals surface area contributed by atoms with Crippen LogP contribution in [0.1, 0.15) is 62.5 Å². The van der Waals surface area contributed by atoms with Crippen molar-refractivity contribution in [3.05, 3.63) is 59.7 Å². The zero-order valence-electron chi connectivity index (χ0n) is 19.5. The molecule has 0 spiro atoms. The first kappa shape index (κ1) is 23.8. The van der Waals surface area contributed by atoms with Gasteiger partial charge in [-0.2, -0.15) is 0 Å². The normalized spacial score (nSPS) is 16.5. The highest BCUT2D eigenvalue weighted by molar-refractivity contribution is 5.81. The lowest BCUT2D eigenvalue weighted by atomic mass is 9.69. The largest absolute Gasteiger partial charge is 0.481 e. The van der Waals surface area contributed by atoms with E-state index >= 15 is 0 Å². The van der Waals surface area contributed by atoms with Crippen LogP contribution in [-0.2, 0) is 14.3 Å². The molecule has 2 amide bonds. The zero-order valence-corrected chi connectivity index (χ0v) is 19.5. The van der Waals surface area contributed by atoms with E-state index in [0.29, 0.717) is 19.3 Å². The highest BCUT2D eigenvalue weighted by Gasteiger charge is 2.44. The first-order chi connectivity index (χ1) is 16.4. The smallest absolute Gasteiger partial charge is 0.407 e. The summed E-state index contributed by atoms with van der Waals surface area (Å²) in [6, 6.07) is 15.9. The minimum atomic E-state index is -0.860. The van der Waals surface area contributed by atoms with Crippen molar-refractivity contribution in [1.82, 2.24) is 10.6 Å². The van der Waals surface area contributed by atoms with Crippen molar-refractivity contribution in [2.75, 3.05) is 13.2 Å². The summed E-state index contributed by atoms with van der Waals surface area (Å²) in [4.78, 5) is 36.6. The third kappa shape index (κ3) is 4.93. The van der Waals surface area contributed by atoms with Crippen molar-refractivity contribution in [2.45, 2.75) is 57.4 Å². The third-order valence-electron chi connectivity index (χ3n) is 7.12. The monoisotopic (exact) mass is 464 g/mol. The molecule has 4 rings (SSSR count). The minimum absolute atomic E-state index is 0.0271. The lowest BCUT2D eigenvalue weighted by Gasteiger charge is -2.37. The van der Waals surface area contributed by atoms with E-state index in [1.165, 1.54) is 11.1 Å². The van der Waals surface area contributed by atoms with Crippen molar-refractivity contribution in [2.24, 2.45) is 5.41 Å². The third-order valence-corrected chi connectivity index (χ3v) is 7.12. The Labute approximate surface area is 199 Å². The van der Waals surface area contributed by atoms with E-state index in [2.05, 4.69) is 34.9 Å². The van der Waals surface area contributed by atoms with Crippen molar-refractivity contribution >= 4 is 18.0 Å². The van der Waals surface area contributed by atoms with Crippen LogP contribution in [0.15, 0.2) is 48.5 Å². The van der Waals surface area contributed by atoms with E-state index in [1.54, 1.807) is 0 Å². The Kier molecular flexibility index (Phi) is 7.20. The van der Waals surface area contributed by atoms with Gasteiger partial charge in [0.25, 0.3) is 0 Å². The van der Waals surface area contributed by atoms with E-state index in [0.717, 1.165) is 24.0 Å².